The number of hydrogen-bond donors (Lipinski definition) is 1. The third-order valence-electron chi connectivity index (χ3n) is 2.32. The van der Waals surface area contributed by atoms with E-state index in [1.165, 1.54) is 11.1 Å². The summed E-state index contributed by atoms with van der Waals surface area (Å²) in [7, 11) is 0. The topological polar surface area (TPSA) is 24.9 Å². The number of alkyl halides is 1. The highest BCUT2D eigenvalue weighted by molar-refractivity contribution is 14.1. The molecule has 0 saturated carbocycles. The van der Waals surface area contributed by atoms with E-state index in [1.54, 1.807) is 0 Å². The van der Waals surface area contributed by atoms with Crippen LogP contribution in [0.2, 0.25) is 5.15 Å². The van der Waals surface area contributed by atoms with Crippen molar-refractivity contribution in [3.05, 3.63) is 58.7 Å². The van der Waals surface area contributed by atoms with Gasteiger partial charge >= 0.3 is 0 Å². The minimum atomic E-state index is 0.537. The zero-order chi connectivity index (χ0) is 12.1. The van der Waals surface area contributed by atoms with E-state index in [2.05, 4.69) is 45.0 Å². The standard InChI is InChI=1S/C13H12ClIN2/c14-12-6-11(8-15)7-13(17-12)16-9-10-4-2-1-3-5-10/h1-7H,8-9H2,(H,16,17). The molecule has 2 nitrogen and oxygen atoms in total. The lowest BCUT2D eigenvalue weighted by Gasteiger charge is -2.07. The summed E-state index contributed by atoms with van der Waals surface area (Å²) in [4.78, 5) is 4.25. The minimum Gasteiger partial charge on any atom is -0.366 e. The molecule has 0 unspecified atom stereocenters. The molecule has 1 aromatic carbocycles. The van der Waals surface area contributed by atoms with Crippen molar-refractivity contribution in [1.29, 1.82) is 0 Å². The van der Waals surface area contributed by atoms with Crippen LogP contribution >= 0.6 is 34.2 Å². The van der Waals surface area contributed by atoms with Crippen molar-refractivity contribution >= 4 is 40.0 Å². The summed E-state index contributed by atoms with van der Waals surface area (Å²) in [6, 6.07) is 14.1. The number of nitrogens with one attached hydrogen (secondary N) is 1. The molecule has 0 bridgehead atoms. The van der Waals surface area contributed by atoms with Crippen molar-refractivity contribution in [2.24, 2.45) is 0 Å². The monoisotopic (exact) mass is 358 g/mol. The van der Waals surface area contributed by atoms with Gasteiger partial charge in [-0.15, -0.1) is 0 Å². The van der Waals surface area contributed by atoms with Gasteiger partial charge in [-0.1, -0.05) is 64.5 Å². The van der Waals surface area contributed by atoms with Crippen LogP contribution < -0.4 is 5.32 Å². The molecule has 0 aliphatic rings. The summed E-state index contributed by atoms with van der Waals surface area (Å²) in [5.74, 6) is 0.827. The van der Waals surface area contributed by atoms with Crippen LogP contribution in [0.25, 0.3) is 0 Å². The summed E-state index contributed by atoms with van der Waals surface area (Å²) in [6.07, 6.45) is 0. The maximum atomic E-state index is 5.96. The Bertz CT molecular complexity index is 488. The van der Waals surface area contributed by atoms with Crippen LogP contribution in [-0.4, -0.2) is 4.98 Å². The van der Waals surface area contributed by atoms with Crippen molar-refractivity contribution in [3.63, 3.8) is 0 Å². The zero-order valence-electron chi connectivity index (χ0n) is 9.16. The molecular formula is C13H12ClIN2. The van der Waals surface area contributed by atoms with Crippen LogP contribution in [-0.2, 0) is 11.0 Å². The first-order chi connectivity index (χ1) is 8.28. The molecule has 0 saturated heterocycles. The molecule has 0 radical (unpaired) electrons. The minimum absolute atomic E-state index is 0.537. The third-order valence-corrected chi connectivity index (χ3v) is 3.40. The first-order valence-corrected chi connectivity index (χ1v) is 7.18. The lowest BCUT2D eigenvalue weighted by molar-refractivity contribution is 1.11. The second-order valence-electron chi connectivity index (χ2n) is 3.66. The molecule has 88 valence electrons. The number of aromatic nitrogens is 1. The van der Waals surface area contributed by atoms with E-state index in [1.807, 2.05) is 30.3 Å². The fourth-order valence-corrected chi connectivity index (χ4v) is 2.18. The lowest BCUT2D eigenvalue weighted by atomic mass is 10.2. The SMILES string of the molecule is Clc1cc(CI)cc(NCc2ccccc2)n1. The summed E-state index contributed by atoms with van der Waals surface area (Å²) in [6.45, 7) is 0.759. The molecule has 0 aliphatic carbocycles. The number of hydrogen-bond acceptors (Lipinski definition) is 2. The Morgan fingerprint density at radius 3 is 2.59 bits per heavy atom. The van der Waals surface area contributed by atoms with E-state index in [4.69, 9.17) is 11.6 Å². The zero-order valence-corrected chi connectivity index (χ0v) is 12.1. The molecule has 1 N–H and O–H groups in total. The Hall–Kier alpha value is -0.810. The Morgan fingerprint density at radius 2 is 1.88 bits per heavy atom. The molecule has 17 heavy (non-hydrogen) atoms. The predicted octanol–water partition coefficient (Wildman–Crippen LogP) is 4.28. The molecular weight excluding hydrogens is 347 g/mol. The van der Waals surface area contributed by atoms with Crippen LogP contribution in [0.5, 0.6) is 0 Å². The fourth-order valence-electron chi connectivity index (χ4n) is 1.51. The van der Waals surface area contributed by atoms with Gasteiger partial charge in [0.1, 0.15) is 11.0 Å². The number of nitrogens with zero attached hydrogens (tertiary/aromatic N) is 1. The van der Waals surface area contributed by atoms with Crippen LogP contribution in [0.1, 0.15) is 11.1 Å². The third kappa shape index (κ3) is 3.85. The molecule has 1 aromatic heterocycles. The highest BCUT2D eigenvalue weighted by Gasteiger charge is 2.00. The predicted molar refractivity (Wildman–Crippen MR) is 80.7 cm³/mol. The van der Waals surface area contributed by atoms with E-state index >= 15 is 0 Å². The van der Waals surface area contributed by atoms with Crippen LogP contribution in [0.15, 0.2) is 42.5 Å². The second kappa shape index (κ2) is 6.21. The Kier molecular flexibility index (Phi) is 4.62. The molecule has 0 atom stereocenters. The molecule has 0 aliphatic heterocycles. The molecule has 2 rings (SSSR count). The van der Waals surface area contributed by atoms with Crippen molar-refractivity contribution in [2.45, 2.75) is 11.0 Å². The van der Waals surface area contributed by atoms with E-state index < -0.39 is 0 Å². The summed E-state index contributed by atoms with van der Waals surface area (Å²) in [5.41, 5.74) is 2.41. The van der Waals surface area contributed by atoms with Crippen molar-refractivity contribution < 1.29 is 0 Å². The van der Waals surface area contributed by atoms with Crippen molar-refractivity contribution in [3.8, 4) is 0 Å². The van der Waals surface area contributed by atoms with Crippen LogP contribution in [0.4, 0.5) is 5.82 Å². The first kappa shape index (κ1) is 12.6. The largest absolute Gasteiger partial charge is 0.366 e. The summed E-state index contributed by atoms with van der Waals surface area (Å²) in [5, 5.41) is 3.81. The molecule has 2 aromatic rings. The number of benzene rings is 1. The number of pyridine rings is 1. The smallest absolute Gasteiger partial charge is 0.131 e. The van der Waals surface area contributed by atoms with Gasteiger partial charge in [0.15, 0.2) is 0 Å². The average Bonchev–Trinajstić information content (AvgIpc) is 2.37. The van der Waals surface area contributed by atoms with Gasteiger partial charge in [-0.3, -0.25) is 0 Å². The number of rotatable bonds is 4. The van der Waals surface area contributed by atoms with Gasteiger partial charge in [-0.25, -0.2) is 4.98 Å². The van der Waals surface area contributed by atoms with Gasteiger partial charge in [0.2, 0.25) is 0 Å². The molecule has 1 heterocycles. The van der Waals surface area contributed by atoms with Crippen molar-refractivity contribution in [2.75, 3.05) is 5.32 Å². The molecule has 0 amide bonds. The molecule has 0 spiro atoms. The van der Waals surface area contributed by atoms with Gasteiger partial charge in [0, 0.05) is 11.0 Å². The normalized spacial score (nSPS) is 10.2. The number of halogens is 2. The van der Waals surface area contributed by atoms with E-state index in [9.17, 15) is 0 Å². The van der Waals surface area contributed by atoms with E-state index in [-0.39, 0.29) is 0 Å². The summed E-state index contributed by atoms with van der Waals surface area (Å²) >= 11 is 8.27. The average molecular weight is 359 g/mol. The quantitative estimate of drug-likeness (QED) is 0.501. The van der Waals surface area contributed by atoms with Crippen LogP contribution in [0, 0.1) is 0 Å². The van der Waals surface area contributed by atoms with Gasteiger partial charge in [0.05, 0.1) is 0 Å². The van der Waals surface area contributed by atoms with Gasteiger partial charge < -0.3 is 5.32 Å². The second-order valence-corrected chi connectivity index (χ2v) is 4.81. The fraction of sp³-hybridized carbons (Fsp3) is 0.154. The maximum absolute atomic E-state index is 5.96. The van der Waals surface area contributed by atoms with Crippen LogP contribution in [0.3, 0.4) is 0 Å². The van der Waals surface area contributed by atoms with Crippen molar-refractivity contribution in [1.82, 2.24) is 4.98 Å². The first-order valence-electron chi connectivity index (χ1n) is 5.28. The summed E-state index contributed by atoms with van der Waals surface area (Å²) < 4.78 is 0.931. The molecule has 4 heteroatoms. The Morgan fingerprint density at radius 1 is 1.12 bits per heavy atom. The Labute approximate surface area is 120 Å². The molecule has 0 fully saturated rings. The van der Waals surface area contributed by atoms with Gasteiger partial charge in [-0.05, 0) is 23.3 Å². The van der Waals surface area contributed by atoms with E-state index in [0.29, 0.717) is 5.15 Å². The van der Waals surface area contributed by atoms with E-state index in [0.717, 1.165) is 16.8 Å². The maximum Gasteiger partial charge on any atom is 0.131 e. The van der Waals surface area contributed by atoms with Gasteiger partial charge in [0.25, 0.3) is 0 Å². The number of anilines is 1. The lowest BCUT2D eigenvalue weighted by Crippen LogP contribution is -2.01. The Balaban J connectivity index is 2.06. The van der Waals surface area contributed by atoms with Gasteiger partial charge in [-0.2, -0.15) is 0 Å². The highest BCUT2D eigenvalue weighted by Crippen LogP contribution is 2.17. The highest BCUT2D eigenvalue weighted by atomic mass is 127.